The molecule has 0 saturated carbocycles. The fourth-order valence-corrected chi connectivity index (χ4v) is 16.8. The quantitative estimate of drug-likeness (QED) is 0.0948. The average Bonchev–Trinajstić information content (AvgIpc) is 1.59. The summed E-state index contributed by atoms with van der Waals surface area (Å²) in [6.07, 6.45) is 1.93. The van der Waals surface area contributed by atoms with Gasteiger partial charge in [-0.15, -0.1) is 101 Å². The number of hydrogen-bond donors (Lipinski definition) is 0. The zero-order chi connectivity index (χ0) is 118. The van der Waals surface area contributed by atoms with Crippen LogP contribution in [-0.4, -0.2) is 19.9 Å². The van der Waals surface area contributed by atoms with Crippen molar-refractivity contribution in [2.75, 3.05) is 0 Å². The minimum atomic E-state index is -2.76. The van der Waals surface area contributed by atoms with Crippen molar-refractivity contribution in [3.8, 4) is 101 Å². The van der Waals surface area contributed by atoms with Gasteiger partial charge in [-0.05, 0) is 280 Å². The first-order valence-electron chi connectivity index (χ1n) is 58.9. The van der Waals surface area contributed by atoms with Crippen molar-refractivity contribution in [2.24, 2.45) is 10.8 Å². The van der Waals surface area contributed by atoms with Crippen LogP contribution in [0.2, 0.25) is 0 Å². The second-order valence-corrected chi connectivity index (χ2v) is 36.2. The van der Waals surface area contributed by atoms with Gasteiger partial charge in [-0.3, -0.25) is 0 Å². The SMILES string of the molecule is [2H]C([2H])([2H])c1c[c-]c(-c2ccc(C(C)(C)C)cn2)cc1.[2H]C([2H])([2H])c1cc(C([2H])([2H])C(C)(C)C)ccc1-c1ccc(-c2cc(-c3[c-]ccc4c3oc3cc5c(ccc6ccccc65)cc34)ncc2C([2H])([2H])[2H])c(C([2H])([2H])[2H])c1.[2H]C([2H])([2H])c1cc(C([2H])([2H])C(C)(C)C)ccc1-c1ccc(-c2cc(-c3[c-]ccc4c3oc3cc5c(ccc6ccccc65)cc34)ncc2C([2H])([2H])[2H])c(C([2H])([2H])[2H])c1.[2H]C([2H])([2H])c1cnc(-c2[c-]cc(C([2H])([2H])[2H])c(-c3ccccc3)c2)cc1C.[Ir].[Ir]. The molecule has 0 amide bonds. The monoisotopic (exact) mass is 2130 g/mol. The van der Waals surface area contributed by atoms with E-state index in [0.717, 1.165) is 81.5 Å². The first-order valence-corrected chi connectivity index (χ1v) is 43.4. The van der Waals surface area contributed by atoms with Crippen LogP contribution in [0.5, 0.6) is 0 Å². The normalized spacial score (nSPS) is 16.1. The number of nitrogens with zero attached hydrogens (tertiary/aromatic N) is 4. The van der Waals surface area contributed by atoms with E-state index < -0.39 is 85.2 Å². The number of benzene rings is 15. The van der Waals surface area contributed by atoms with Crippen molar-refractivity contribution >= 4 is 87.0 Å². The average molecular weight is 2130 g/mol. The summed E-state index contributed by atoms with van der Waals surface area (Å²) in [5.41, 5.74) is 9.67. The van der Waals surface area contributed by atoms with E-state index in [1.807, 2.05) is 97.2 Å². The van der Waals surface area contributed by atoms with E-state index >= 15 is 0 Å². The zero-order valence-electron chi connectivity index (χ0n) is 106. The van der Waals surface area contributed by atoms with Crippen molar-refractivity contribution in [1.29, 1.82) is 0 Å². The molecule has 0 aliphatic heterocycles. The van der Waals surface area contributed by atoms with Crippen LogP contribution in [0.15, 0.2) is 319 Å². The van der Waals surface area contributed by atoms with Gasteiger partial charge in [-0.2, -0.15) is 0 Å². The molecule has 0 spiro atoms. The van der Waals surface area contributed by atoms with Gasteiger partial charge in [-0.1, -0.05) is 315 Å². The van der Waals surface area contributed by atoms with Crippen molar-refractivity contribution in [3.63, 3.8) is 0 Å². The van der Waals surface area contributed by atoms with Crippen molar-refractivity contribution < 1.29 is 91.5 Å². The van der Waals surface area contributed by atoms with Crippen LogP contribution in [0.4, 0.5) is 0 Å². The molecule has 134 heavy (non-hydrogen) atoms. The summed E-state index contributed by atoms with van der Waals surface area (Å²) < 4.78 is 268. The Morgan fingerprint density at radius 2 is 0.769 bits per heavy atom. The number of fused-ring (bicyclic) bond motifs is 12. The second-order valence-electron chi connectivity index (χ2n) is 36.2. The summed E-state index contributed by atoms with van der Waals surface area (Å²) in [7, 11) is 0. The minimum absolute atomic E-state index is 0. The van der Waals surface area contributed by atoms with Crippen LogP contribution < -0.4 is 0 Å². The van der Waals surface area contributed by atoms with E-state index in [9.17, 15) is 0 Å². The number of rotatable bonds is 11. The Morgan fingerprint density at radius 1 is 0.299 bits per heavy atom. The zero-order valence-corrected chi connectivity index (χ0v) is 80.0. The second kappa shape index (κ2) is 38.8. The predicted octanol–water partition coefficient (Wildman–Crippen LogP) is 34.5. The van der Waals surface area contributed by atoms with Gasteiger partial charge < -0.3 is 28.8 Å². The Kier molecular flexibility index (Phi) is 18.1. The smallest absolute Gasteiger partial charge is 0.121 e. The largest absolute Gasteiger partial charge is 0.501 e. The molecule has 15 aromatic carbocycles. The molecule has 21 rings (SSSR count). The molecule has 6 nitrogen and oxygen atoms in total. The fraction of sp³-hybridized carbons (Fsp3) is 0.190. The predicted molar refractivity (Wildman–Crippen MR) is 558 cm³/mol. The first kappa shape index (κ1) is 62.3. The molecule has 2 radical (unpaired) electrons. The van der Waals surface area contributed by atoms with Crippen LogP contribution in [0.25, 0.3) is 188 Å². The molecule has 0 unspecified atom stereocenters. The Morgan fingerprint density at radius 3 is 1.24 bits per heavy atom. The van der Waals surface area contributed by atoms with Gasteiger partial charge in [0.2, 0.25) is 0 Å². The topological polar surface area (TPSA) is 77.8 Å². The van der Waals surface area contributed by atoms with E-state index in [0.29, 0.717) is 72.8 Å². The third-order valence-corrected chi connectivity index (χ3v) is 23.4. The number of pyridine rings is 4. The standard InChI is InChI=1S/2C45H38NO.C20H18N.C16H18N.2Ir/c2*1-27-20-30(25-45(4,5)6)14-18-34(27)32-17-19-35(28(2)21-32)39-23-42(46-26-29(39)3)38-13-9-12-37-41-22-33-16-15-31-10-7-8-11-36(31)40(33)24-43(41)47-44(37)38;1-14-9-10-18(20-11-15(2)16(3)13-21-20)12-19(14)17-7-5-4-6-8-17;1-12-5-7-13(8-6-12)15-10-9-14(11-17-15)16(2,3)4;;/h2*7-12,14-24,26H,25H2,1-6H3;4-9,11-13H,1-3H3;5-7,9-11H,1-4H3;;/q4*-1;;/i2*1D3,2D3,3D3,25D2;1D3,3D3;1D3;;. The number of aromatic nitrogens is 4. The maximum absolute atomic E-state index is 8.76. The van der Waals surface area contributed by atoms with E-state index in [1.54, 1.807) is 109 Å². The van der Waals surface area contributed by atoms with Crippen molar-refractivity contribution in [1.82, 2.24) is 19.9 Å². The molecule has 21 aromatic rings. The van der Waals surface area contributed by atoms with Crippen LogP contribution in [0.1, 0.15) is 177 Å². The van der Waals surface area contributed by atoms with Crippen LogP contribution >= 0.6 is 0 Å². The Hall–Kier alpha value is -13.2. The molecular formula is C126H112Ir2N4O2-4. The molecule has 0 N–H and O–H groups in total. The Bertz CT molecular complexity index is 8890. The third-order valence-electron chi connectivity index (χ3n) is 23.4. The van der Waals surface area contributed by atoms with Crippen LogP contribution in [0, 0.1) is 104 Å². The van der Waals surface area contributed by atoms with Gasteiger partial charge in [0.1, 0.15) is 11.2 Å². The molecule has 0 fully saturated rings. The van der Waals surface area contributed by atoms with E-state index in [1.165, 1.54) is 97.0 Å². The van der Waals surface area contributed by atoms with Crippen LogP contribution in [-0.2, 0) is 58.4 Å². The van der Waals surface area contributed by atoms with E-state index in [-0.39, 0.29) is 146 Å². The van der Waals surface area contributed by atoms with Gasteiger partial charge in [0.15, 0.2) is 0 Å². The molecule has 670 valence electrons. The van der Waals surface area contributed by atoms with Crippen LogP contribution in [0.3, 0.4) is 0 Å². The van der Waals surface area contributed by atoms with Gasteiger partial charge in [0.05, 0.1) is 11.2 Å². The maximum Gasteiger partial charge on any atom is 0.121 e. The summed E-state index contributed by atoms with van der Waals surface area (Å²) in [4.78, 5) is 17.9. The molecule has 0 aliphatic carbocycles. The van der Waals surface area contributed by atoms with Gasteiger partial charge in [0.25, 0.3) is 0 Å². The molecule has 6 heterocycles. The molecule has 0 atom stereocenters. The summed E-state index contributed by atoms with van der Waals surface area (Å²) >= 11 is 0. The fourth-order valence-electron chi connectivity index (χ4n) is 16.8. The molecule has 0 saturated heterocycles. The third kappa shape index (κ3) is 20.1. The molecule has 0 bridgehead atoms. The first-order chi connectivity index (χ1) is 75.8. The molecule has 6 aromatic heterocycles. The summed E-state index contributed by atoms with van der Waals surface area (Å²) in [6.45, 7) is -4.27. The summed E-state index contributed by atoms with van der Waals surface area (Å²) in [5.74, 6) is 0. The van der Waals surface area contributed by atoms with Gasteiger partial charge in [0, 0.05) is 118 Å². The van der Waals surface area contributed by atoms with E-state index in [2.05, 4.69) is 126 Å². The summed E-state index contributed by atoms with van der Waals surface area (Å²) in [5, 5.41) is 11.9. The van der Waals surface area contributed by atoms with Gasteiger partial charge >= 0.3 is 0 Å². The maximum atomic E-state index is 8.76. The van der Waals surface area contributed by atoms with E-state index in [4.69, 9.17) is 51.3 Å². The Balaban J connectivity index is 0.000000166. The number of aryl methyl sites for hydroxylation is 10. The van der Waals surface area contributed by atoms with Gasteiger partial charge in [-0.25, -0.2) is 0 Å². The molecule has 8 heteroatoms. The van der Waals surface area contributed by atoms with Crippen molar-refractivity contribution in [3.05, 3.63) is 406 Å². The Labute approximate surface area is 860 Å². The van der Waals surface area contributed by atoms with Crippen molar-refractivity contribution in [2.45, 2.75) is 149 Å². The number of hydrogen-bond acceptors (Lipinski definition) is 6. The summed E-state index contributed by atoms with van der Waals surface area (Å²) in [6, 6.07) is 96.3. The minimum Gasteiger partial charge on any atom is -0.501 e. The molecular weight excluding hydrogens is 1990 g/mol. The number of furan rings is 2. The molecule has 0 aliphatic rings.